The molecular formula is C25H28FN3O4S. The Kier molecular flexibility index (Phi) is 5.42. The van der Waals surface area contributed by atoms with Crippen molar-refractivity contribution >= 4 is 15.9 Å². The third-order valence-electron chi connectivity index (χ3n) is 7.19. The third kappa shape index (κ3) is 4.06. The van der Waals surface area contributed by atoms with Crippen LogP contribution in [0.4, 0.5) is 10.4 Å². The first-order valence-corrected chi connectivity index (χ1v) is 13.3. The third-order valence-corrected chi connectivity index (χ3v) is 8.32. The molecule has 1 aliphatic heterocycles. The van der Waals surface area contributed by atoms with Crippen molar-refractivity contribution in [3.63, 3.8) is 0 Å². The number of anilines is 1. The molecule has 3 aromatic rings. The summed E-state index contributed by atoms with van der Waals surface area (Å²) >= 11 is 0. The van der Waals surface area contributed by atoms with E-state index in [1.54, 1.807) is 6.07 Å². The maximum atomic E-state index is 14.2. The average molecular weight is 486 g/mol. The highest BCUT2D eigenvalue weighted by Crippen LogP contribution is 2.63. The van der Waals surface area contributed by atoms with Crippen LogP contribution in [0.25, 0.3) is 11.1 Å². The minimum absolute atomic E-state index is 0.172. The SMILES string of the molecule is CC(C)c1noc(N2CC3C(COc4ccc(-c5ccc(S(C)(=O)=O)c(F)c5)cc4)C3(C)C2)n1. The molecule has 3 unspecified atom stereocenters. The molecule has 0 radical (unpaired) electrons. The summed E-state index contributed by atoms with van der Waals surface area (Å²) in [6, 6.07) is 12.2. The molecular weight excluding hydrogens is 457 g/mol. The van der Waals surface area contributed by atoms with Gasteiger partial charge in [-0.2, -0.15) is 4.98 Å². The molecule has 0 amide bonds. The smallest absolute Gasteiger partial charge is 0.324 e. The maximum absolute atomic E-state index is 14.2. The first-order chi connectivity index (χ1) is 16.1. The van der Waals surface area contributed by atoms with Crippen molar-refractivity contribution < 1.29 is 22.1 Å². The highest BCUT2D eigenvalue weighted by Gasteiger charge is 2.66. The molecule has 180 valence electrons. The number of benzene rings is 2. The number of piperidine rings is 1. The quantitative estimate of drug-likeness (QED) is 0.485. The second-order valence-electron chi connectivity index (χ2n) is 9.94. The fourth-order valence-electron chi connectivity index (χ4n) is 5.00. The number of fused-ring (bicyclic) bond motifs is 1. The van der Waals surface area contributed by atoms with Crippen LogP contribution in [0.15, 0.2) is 51.9 Å². The summed E-state index contributed by atoms with van der Waals surface area (Å²) in [5.41, 5.74) is 1.57. The van der Waals surface area contributed by atoms with E-state index >= 15 is 0 Å². The van der Waals surface area contributed by atoms with Gasteiger partial charge in [-0.15, -0.1) is 0 Å². The zero-order chi connectivity index (χ0) is 24.3. The van der Waals surface area contributed by atoms with Crippen LogP contribution < -0.4 is 9.64 Å². The Morgan fingerprint density at radius 2 is 1.91 bits per heavy atom. The van der Waals surface area contributed by atoms with Crippen molar-refractivity contribution in [1.82, 2.24) is 10.1 Å². The fourth-order valence-corrected chi connectivity index (χ4v) is 5.73. The van der Waals surface area contributed by atoms with Crippen LogP contribution >= 0.6 is 0 Å². The van der Waals surface area contributed by atoms with E-state index < -0.39 is 15.7 Å². The van der Waals surface area contributed by atoms with Gasteiger partial charge in [-0.3, -0.25) is 0 Å². The molecule has 2 aliphatic rings. The zero-order valence-electron chi connectivity index (χ0n) is 19.7. The summed E-state index contributed by atoms with van der Waals surface area (Å²) in [7, 11) is -3.59. The number of aromatic nitrogens is 2. The number of hydrogen-bond acceptors (Lipinski definition) is 7. The lowest BCUT2D eigenvalue weighted by atomic mass is 10.1. The largest absolute Gasteiger partial charge is 0.493 e. The van der Waals surface area contributed by atoms with Gasteiger partial charge in [0.2, 0.25) is 0 Å². The predicted octanol–water partition coefficient (Wildman–Crippen LogP) is 4.55. The van der Waals surface area contributed by atoms with Gasteiger partial charge in [0.15, 0.2) is 15.7 Å². The average Bonchev–Trinajstić information content (AvgIpc) is 3.15. The van der Waals surface area contributed by atoms with E-state index in [0.717, 1.165) is 36.5 Å². The van der Waals surface area contributed by atoms with Crippen LogP contribution in [-0.4, -0.2) is 44.5 Å². The molecule has 1 saturated carbocycles. The number of halogens is 1. The predicted molar refractivity (Wildman–Crippen MR) is 126 cm³/mol. The minimum atomic E-state index is -3.59. The standard InChI is InChI=1S/C25H28FN3O4S/c1-15(2)23-27-24(33-28-23)29-12-19-20(25(19,3)14-29)13-32-18-8-5-16(6-9-18)17-7-10-22(21(26)11-17)34(4,30)31/h5-11,15,19-20H,12-14H2,1-4H3. The summed E-state index contributed by atoms with van der Waals surface area (Å²) < 4.78 is 49.0. The molecule has 34 heavy (non-hydrogen) atoms. The molecule has 0 N–H and O–H groups in total. The Morgan fingerprint density at radius 1 is 1.21 bits per heavy atom. The fraction of sp³-hybridized carbons (Fsp3) is 0.440. The van der Waals surface area contributed by atoms with Crippen molar-refractivity contribution in [1.29, 1.82) is 0 Å². The van der Waals surface area contributed by atoms with Crippen LogP contribution in [0.5, 0.6) is 5.75 Å². The topological polar surface area (TPSA) is 85.5 Å². The van der Waals surface area contributed by atoms with E-state index in [1.165, 1.54) is 12.1 Å². The van der Waals surface area contributed by atoms with E-state index in [4.69, 9.17) is 9.26 Å². The highest BCUT2D eigenvalue weighted by molar-refractivity contribution is 7.90. The first-order valence-electron chi connectivity index (χ1n) is 11.4. The van der Waals surface area contributed by atoms with Crippen molar-refractivity contribution in [2.45, 2.75) is 31.6 Å². The van der Waals surface area contributed by atoms with Crippen LogP contribution in [-0.2, 0) is 9.84 Å². The van der Waals surface area contributed by atoms with Crippen LogP contribution in [0, 0.1) is 23.1 Å². The number of nitrogens with zero attached hydrogens (tertiary/aromatic N) is 3. The number of ether oxygens (including phenoxy) is 1. The molecule has 9 heteroatoms. The van der Waals surface area contributed by atoms with E-state index in [-0.39, 0.29) is 16.2 Å². The summed E-state index contributed by atoms with van der Waals surface area (Å²) in [5, 5.41) is 4.07. The number of sulfone groups is 1. The van der Waals surface area contributed by atoms with Crippen LogP contribution in [0.1, 0.15) is 32.5 Å². The molecule has 3 atom stereocenters. The molecule has 7 nitrogen and oxygen atoms in total. The zero-order valence-corrected chi connectivity index (χ0v) is 20.5. The summed E-state index contributed by atoms with van der Waals surface area (Å²) in [6.45, 7) is 8.77. The molecule has 5 rings (SSSR count). The van der Waals surface area contributed by atoms with E-state index in [0.29, 0.717) is 30.0 Å². The Morgan fingerprint density at radius 3 is 2.47 bits per heavy atom. The van der Waals surface area contributed by atoms with Crippen molar-refractivity contribution in [3.05, 3.63) is 54.1 Å². The Labute approximate surface area is 198 Å². The van der Waals surface area contributed by atoms with Crippen molar-refractivity contribution in [3.8, 4) is 16.9 Å². The molecule has 2 aromatic carbocycles. The normalized spacial score (nSPS) is 23.9. The van der Waals surface area contributed by atoms with E-state index in [2.05, 4.69) is 22.0 Å². The van der Waals surface area contributed by atoms with Crippen molar-refractivity contribution in [2.24, 2.45) is 17.3 Å². The molecule has 1 aromatic heterocycles. The molecule has 0 spiro atoms. The van der Waals surface area contributed by atoms with Gasteiger partial charge in [0.25, 0.3) is 0 Å². The van der Waals surface area contributed by atoms with Gasteiger partial charge in [0, 0.05) is 31.2 Å². The van der Waals surface area contributed by atoms with Crippen LogP contribution in [0.3, 0.4) is 0 Å². The lowest BCUT2D eigenvalue weighted by Crippen LogP contribution is -2.28. The molecule has 2 fully saturated rings. The lowest BCUT2D eigenvalue weighted by molar-refractivity contribution is 0.268. The molecule has 2 heterocycles. The maximum Gasteiger partial charge on any atom is 0.324 e. The first kappa shape index (κ1) is 22.8. The van der Waals surface area contributed by atoms with Gasteiger partial charge in [0.1, 0.15) is 16.5 Å². The van der Waals surface area contributed by atoms with E-state index in [1.807, 2.05) is 38.1 Å². The highest BCUT2D eigenvalue weighted by atomic mass is 32.2. The van der Waals surface area contributed by atoms with Gasteiger partial charge < -0.3 is 14.2 Å². The van der Waals surface area contributed by atoms with E-state index in [9.17, 15) is 12.8 Å². The van der Waals surface area contributed by atoms with Gasteiger partial charge >= 0.3 is 6.01 Å². The van der Waals surface area contributed by atoms with Gasteiger partial charge in [-0.05, 0) is 46.7 Å². The number of rotatable bonds is 7. The second kappa shape index (κ2) is 8.08. The Balaban J connectivity index is 1.18. The number of hydrogen-bond donors (Lipinski definition) is 0. The summed E-state index contributed by atoms with van der Waals surface area (Å²) in [6.07, 6.45) is 0.997. The summed E-state index contributed by atoms with van der Waals surface area (Å²) in [4.78, 5) is 6.39. The Bertz CT molecular complexity index is 1320. The minimum Gasteiger partial charge on any atom is -0.493 e. The Hall–Kier alpha value is -2.94. The summed E-state index contributed by atoms with van der Waals surface area (Å²) in [5.74, 6) is 1.97. The molecule has 0 bridgehead atoms. The second-order valence-corrected chi connectivity index (χ2v) is 11.9. The van der Waals surface area contributed by atoms with Crippen molar-refractivity contribution in [2.75, 3.05) is 30.9 Å². The van der Waals surface area contributed by atoms with Crippen LogP contribution in [0.2, 0.25) is 0 Å². The van der Waals surface area contributed by atoms with Gasteiger partial charge in [-0.1, -0.05) is 44.1 Å². The molecule has 1 aliphatic carbocycles. The molecule has 1 saturated heterocycles. The van der Waals surface area contributed by atoms with Gasteiger partial charge in [-0.25, -0.2) is 12.8 Å². The van der Waals surface area contributed by atoms with Gasteiger partial charge in [0.05, 0.1) is 6.61 Å². The lowest BCUT2D eigenvalue weighted by Gasteiger charge is -2.20. The monoisotopic (exact) mass is 485 g/mol.